The fourth-order valence-corrected chi connectivity index (χ4v) is 4.88. The van der Waals surface area contributed by atoms with Crippen molar-refractivity contribution < 1.29 is 13.5 Å². The molecule has 1 fully saturated rings. The molecule has 0 saturated carbocycles. The topological polar surface area (TPSA) is 70.5 Å². The van der Waals surface area contributed by atoms with Crippen LogP contribution in [0.15, 0.2) is 35.4 Å². The van der Waals surface area contributed by atoms with E-state index in [4.69, 9.17) is 0 Å². The second kappa shape index (κ2) is 6.19. The van der Waals surface area contributed by atoms with Crippen molar-refractivity contribution in [3.05, 3.63) is 36.0 Å². The van der Waals surface area contributed by atoms with Crippen LogP contribution in [0.3, 0.4) is 0 Å². The van der Waals surface area contributed by atoms with E-state index in [1.807, 2.05) is 19.1 Å². The van der Waals surface area contributed by atoms with E-state index in [0.29, 0.717) is 18.6 Å². The third kappa shape index (κ3) is 3.11. The molecular formula is C17H22N2O3S. The summed E-state index contributed by atoms with van der Waals surface area (Å²) in [6, 6.07) is 7.19. The fourth-order valence-electron chi connectivity index (χ4n) is 3.18. The average Bonchev–Trinajstić information content (AvgIpc) is 2.54. The van der Waals surface area contributed by atoms with E-state index in [-0.39, 0.29) is 10.8 Å². The van der Waals surface area contributed by atoms with Gasteiger partial charge in [-0.05, 0) is 50.3 Å². The van der Waals surface area contributed by atoms with Gasteiger partial charge in [-0.25, -0.2) is 8.42 Å². The van der Waals surface area contributed by atoms with E-state index in [1.165, 1.54) is 4.31 Å². The van der Waals surface area contributed by atoms with Gasteiger partial charge in [0.15, 0.2) is 0 Å². The molecule has 6 heteroatoms. The minimum atomic E-state index is -3.61. The zero-order valence-electron chi connectivity index (χ0n) is 13.4. The van der Waals surface area contributed by atoms with Crippen molar-refractivity contribution in [3.8, 4) is 0 Å². The zero-order valence-corrected chi connectivity index (χ0v) is 14.3. The first-order valence-corrected chi connectivity index (χ1v) is 9.37. The first-order chi connectivity index (χ1) is 10.9. The summed E-state index contributed by atoms with van der Waals surface area (Å²) in [5.41, 5.74) is 1.51. The number of benzene rings is 1. The number of hydrogen-bond donors (Lipinski definition) is 1. The molecule has 1 aromatic heterocycles. The van der Waals surface area contributed by atoms with Crippen LogP contribution in [0.2, 0.25) is 0 Å². The van der Waals surface area contributed by atoms with E-state index in [0.717, 1.165) is 23.8 Å². The minimum Gasteiger partial charge on any atom is -0.393 e. The van der Waals surface area contributed by atoms with Crippen molar-refractivity contribution >= 4 is 20.9 Å². The van der Waals surface area contributed by atoms with E-state index in [9.17, 15) is 13.5 Å². The summed E-state index contributed by atoms with van der Waals surface area (Å²) in [4.78, 5) is 4.59. The largest absolute Gasteiger partial charge is 0.393 e. The highest BCUT2D eigenvalue weighted by molar-refractivity contribution is 7.89. The van der Waals surface area contributed by atoms with E-state index in [2.05, 4.69) is 4.98 Å². The summed E-state index contributed by atoms with van der Waals surface area (Å²) in [5.74, 6) is -0.0105. The Kier molecular flexibility index (Phi) is 4.40. The molecule has 23 heavy (non-hydrogen) atoms. The summed E-state index contributed by atoms with van der Waals surface area (Å²) in [6.07, 6.45) is 2.82. The molecule has 2 unspecified atom stereocenters. The molecule has 0 radical (unpaired) electrons. The Labute approximate surface area is 137 Å². The maximum Gasteiger partial charge on any atom is 0.245 e. The van der Waals surface area contributed by atoms with Crippen LogP contribution in [0.25, 0.3) is 10.9 Å². The van der Waals surface area contributed by atoms with Gasteiger partial charge in [-0.15, -0.1) is 0 Å². The summed E-state index contributed by atoms with van der Waals surface area (Å²) in [5, 5.41) is 10.6. The predicted octanol–water partition coefficient (Wildman–Crippen LogP) is 2.32. The number of hydrogen-bond acceptors (Lipinski definition) is 4. The highest BCUT2D eigenvalue weighted by atomic mass is 32.2. The van der Waals surface area contributed by atoms with Crippen LogP contribution in [0.1, 0.15) is 25.3 Å². The third-order valence-corrected chi connectivity index (χ3v) is 6.43. The number of nitrogens with zero attached hydrogens (tertiary/aromatic N) is 2. The van der Waals surface area contributed by atoms with Crippen LogP contribution >= 0.6 is 0 Å². The van der Waals surface area contributed by atoms with Gasteiger partial charge in [0, 0.05) is 24.7 Å². The SMILES string of the molecule is Cc1cnc2c(S(=O)(=O)N3CCCC(C(C)O)C3)cccc2c1. The monoisotopic (exact) mass is 334 g/mol. The fraction of sp³-hybridized carbons (Fsp3) is 0.471. The highest BCUT2D eigenvalue weighted by Gasteiger charge is 2.33. The number of aliphatic hydroxyl groups excluding tert-OH is 1. The van der Waals surface area contributed by atoms with Gasteiger partial charge in [0.1, 0.15) is 4.90 Å². The maximum atomic E-state index is 13.1. The predicted molar refractivity (Wildman–Crippen MR) is 89.6 cm³/mol. The Morgan fingerprint density at radius 3 is 2.91 bits per heavy atom. The molecule has 0 amide bonds. The molecule has 1 aliphatic rings. The molecule has 1 aliphatic heterocycles. The molecule has 1 saturated heterocycles. The van der Waals surface area contributed by atoms with Crippen molar-refractivity contribution in [1.82, 2.24) is 9.29 Å². The Balaban J connectivity index is 2.03. The van der Waals surface area contributed by atoms with Crippen LogP contribution < -0.4 is 0 Å². The Hall–Kier alpha value is -1.50. The van der Waals surface area contributed by atoms with Crippen molar-refractivity contribution in [1.29, 1.82) is 0 Å². The number of rotatable bonds is 3. The molecule has 2 aromatic rings. The first-order valence-electron chi connectivity index (χ1n) is 7.93. The molecule has 0 bridgehead atoms. The Morgan fingerprint density at radius 1 is 1.39 bits per heavy atom. The van der Waals surface area contributed by atoms with Crippen LogP contribution in [-0.2, 0) is 10.0 Å². The summed E-state index contributed by atoms with van der Waals surface area (Å²) < 4.78 is 27.6. The molecule has 2 heterocycles. The second-order valence-electron chi connectivity index (χ2n) is 6.35. The van der Waals surface area contributed by atoms with Crippen molar-refractivity contribution in [2.24, 2.45) is 5.92 Å². The van der Waals surface area contributed by atoms with Crippen molar-refractivity contribution in [2.45, 2.75) is 37.7 Å². The number of fused-ring (bicyclic) bond motifs is 1. The molecule has 0 spiro atoms. The minimum absolute atomic E-state index is 0.0105. The molecule has 5 nitrogen and oxygen atoms in total. The maximum absolute atomic E-state index is 13.1. The third-order valence-electron chi connectivity index (χ3n) is 4.53. The molecular weight excluding hydrogens is 312 g/mol. The molecule has 2 atom stereocenters. The van der Waals surface area contributed by atoms with Gasteiger partial charge < -0.3 is 5.11 Å². The van der Waals surface area contributed by atoms with E-state index >= 15 is 0 Å². The van der Waals surface area contributed by atoms with Crippen LogP contribution in [0.4, 0.5) is 0 Å². The smallest absolute Gasteiger partial charge is 0.245 e. The summed E-state index contributed by atoms with van der Waals surface area (Å²) in [7, 11) is -3.61. The van der Waals surface area contributed by atoms with Gasteiger partial charge in [-0.1, -0.05) is 12.1 Å². The van der Waals surface area contributed by atoms with Gasteiger partial charge in [0.2, 0.25) is 10.0 Å². The van der Waals surface area contributed by atoms with Gasteiger partial charge in [-0.3, -0.25) is 4.98 Å². The van der Waals surface area contributed by atoms with Gasteiger partial charge >= 0.3 is 0 Å². The number of para-hydroxylation sites is 1. The summed E-state index contributed by atoms with van der Waals surface area (Å²) >= 11 is 0. The van der Waals surface area contributed by atoms with Gasteiger partial charge in [-0.2, -0.15) is 4.31 Å². The number of piperidine rings is 1. The normalized spacial score (nSPS) is 21.4. The second-order valence-corrected chi connectivity index (χ2v) is 8.25. The van der Waals surface area contributed by atoms with Crippen LogP contribution in [0, 0.1) is 12.8 Å². The molecule has 3 rings (SSSR count). The first kappa shape index (κ1) is 16.4. The molecule has 0 aliphatic carbocycles. The van der Waals surface area contributed by atoms with Crippen LogP contribution in [-0.4, -0.2) is 42.0 Å². The average molecular weight is 334 g/mol. The number of sulfonamides is 1. The van der Waals surface area contributed by atoms with Crippen molar-refractivity contribution in [2.75, 3.05) is 13.1 Å². The number of aromatic nitrogens is 1. The number of pyridine rings is 1. The zero-order chi connectivity index (χ0) is 16.6. The molecule has 1 aromatic carbocycles. The summed E-state index contributed by atoms with van der Waals surface area (Å²) in [6.45, 7) is 4.52. The van der Waals surface area contributed by atoms with E-state index in [1.54, 1.807) is 25.3 Å². The van der Waals surface area contributed by atoms with Crippen LogP contribution in [0.5, 0.6) is 0 Å². The number of aliphatic hydroxyl groups is 1. The lowest BCUT2D eigenvalue weighted by Crippen LogP contribution is -2.42. The lowest BCUT2D eigenvalue weighted by molar-refractivity contribution is 0.0885. The van der Waals surface area contributed by atoms with Gasteiger partial charge in [0.05, 0.1) is 11.6 Å². The molecule has 1 N–H and O–H groups in total. The number of aryl methyl sites for hydroxylation is 1. The highest BCUT2D eigenvalue weighted by Crippen LogP contribution is 2.29. The Morgan fingerprint density at radius 2 is 2.17 bits per heavy atom. The lowest BCUT2D eigenvalue weighted by atomic mass is 9.95. The molecule has 124 valence electrons. The van der Waals surface area contributed by atoms with Crippen molar-refractivity contribution in [3.63, 3.8) is 0 Å². The quantitative estimate of drug-likeness (QED) is 0.935. The van der Waals surface area contributed by atoms with E-state index < -0.39 is 16.1 Å². The Bertz CT molecular complexity index is 818. The standard InChI is InChI=1S/C17H22N2O3S/c1-12-9-14-5-3-7-16(17(14)18-10-12)23(21,22)19-8-4-6-15(11-19)13(2)20/h3,5,7,9-10,13,15,20H,4,6,8,11H2,1-2H3. The lowest BCUT2D eigenvalue weighted by Gasteiger charge is -2.33. The van der Waals surface area contributed by atoms with Gasteiger partial charge in [0.25, 0.3) is 0 Å².